The Hall–Kier alpha value is -2.37. The largest absolute Gasteiger partial charge is 0.481 e. The molecule has 2 aromatic rings. The van der Waals surface area contributed by atoms with Gasteiger partial charge in [-0.1, -0.05) is 6.07 Å². The maximum Gasteiger partial charge on any atom is 0.337 e. The summed E-state index contributed by atoms with van der Waals surface area (Å²) in [6.07, 6.45) is 0. The zero-order valence-electron chi connectivity index (χ0n) is 9.39. The predicted molar refractivity (Wildman–Crippen MR) is 61.1 cm³/mol. The molecule has 0 fully saturated rings. The molecule has 1 aromatic heterocycles. The average molecular weight is 236 g/mol. The molecule has 0 radical (unpaired) electrons. The van der Waals surface area contributed by atoms with Crippen LogP contribution in [0.3, 0.4) is 0 Å². The molecule has 0 atom stereocenters. The summed E-state index contributed by atoms with van der Waals surface area (Å²) < 4.78 is 0. The van der Waals surface area contributed by atoms with Gasteiger partial charge in [0.05, 0.1) is 11.1 Å². The summed E-state index contributed by atoms with van der Waals surface area (Å²) in [6.45, 7) is 2.88. The summed E-state index contributed by atoms with van der Waals surface area (Å²) in [5.74, 6) is -1.05. The zero-order valence-corrected chi connectivity index (χ0v) is 9.39. The number of nitrogens with one attached hydrogen (secondary N) is 1. The van der Waals surface area contributed by atoms with Gasteiger partial charge in [-0.25, -0.2) is 9.78 Å². The van der Waals surface area contributed by atoms with E-state index in [9.17, 15) is 4.79 Å². The molecule has 0 aliphatic heterocycles. The Morgan fingerprint density at radius 2 is 1.88 bits per heavy atom. The van der Waals surface area contributed by atoms with Gasteiger partial charge in [-0.05, 0) is 19.1 Å². The number of para-hydroxylation sites is 1. The Balaban J connectivity index is 0.000000317. The van der Waals surface area contributed by atoms with Gasteiger partial charge in [0.2, 0.25) is 0 Å². The maximum atomic E-state index is 10.8. The summed E-state index contributed by atoms with van der Waals surface area (Å²) in [5.41, 5.74) is 1.52. The highest BCUT2D eigenvalue weighted by molar-refractivity contribution is 6.00. The van der Waals surface area contributed by atoms with Crippen molar-refractivity contribution in [2.24, 2.45) is 0 Å². The number of carboxylic acids is 2. The van der Waals surface area contributed by atoms with Crippen molar-refractivity contribution in [3.05, 3.63) is 29.6 Å². The van der Waals surface area contributed by atoms with Crippen LogP contribution in [-0.2, 0) is 4.79 Å². The zero-order chi connectivity index (χ0) is 13.0. The lowest BCUT2D eigenvalue weighted by molar-refractivity contribution is -0.134. The molecule has 0 aliphatic carbocycles. The van der Waals surface area contributed by atoms with E-state index < -0.39 is 11.9 Å². The van der Waals surface area contributed by atoms with Crippen LogP contribution in [0.15, 0.2) is 18.2 Å². The molecule has 6 nitrogen and oxygen atoms in total. The van der Waals surface area contributed by atoms with Crippen LogP contribution in [0.25, 0.3) is 11.0 Å². The van der Waals surface area contributed by atoms with Gasteiger partial charge in [0.25, 0.3) is 5.97 Å². The van der Waals surface area contributed by atoms with Crippen LogP contribution in [0, 0.1) is 6.92 Å². The number of aromatic nitrogens is 2. The number of hydrogen-bond donors (Lipinski definition) is 3. The van der Waals surface area contributed by atoms with Crippen LogP contribution in [-0.4, -0.2) is 32.1 Å². The first-order valence-corrected chi connectivity index (χ1v) is 4.80. The van der Waals surface area contributed by atoms with Gasteiger partial charge in [0.15, 0.2) is 0 Å². The van der Waals surface area contributed by atoms with Crippen LogP contribution in [0.1, 0.15) is 23.1 Å². The quantitative estimate of drug-likeness (QED) is 0.698. The number of carbonyl (C=O) groups is 2. The first-order valence-electron chi connectivity index (χ1n) is 4.80. The van der Waals surface area contributed by atoms with Crippen LogP contribution in [0.2, 0.25) is 0 Å². The molecule has 0 unspecified atom stereocenters. The number of benzene rings is 1. The van der Waals surface area contributed by atoms with Crippen LogP contribution in [0.4, 0.5) is 0 Å². The van der Waals surface area contributed by atoms with E-state index in [1.54, 1.807) is 19.1 Å². The molecule has 0 spiro atoms. The van der Waals surface area contributed by atoms with Crippen molar-refractivity contribution in [2.45, 2.75) is 13.8 Å². The topological polar surface area (TPSA) is 103 Å². The Morgan fingerprint density at radius 1 is 1.29 bits per heavy atom. The molecule has 6 heteroatoms. The second kappa shape index (κ2) is 5.11. The molecule has 1 aromatic carbocycles. The van der Waals surface area contributed by atoms with E-state index in [4.69, 9.17) is 15.0 Å². The van der Waals surface area contributed by atoms with Gasteiger partial charge in [-0.15, -0.1) is 0 Å². The van der Waals surface area contributed by atoms with Crippen molar-refractivity contribution in [3.63, 3.8) is 0 Å². The second-order valence-corrected chi connectivity index (χ2v) is 3.35. The fraction of sp³-hybridized carbons (Fsp3) is 0.182. The van der Waals surface area contributed by atoms with Gasteiger partial charge in [0.1, 0.15) is 11.3 Å². The molecule has 1 heterocycles. The molecule has 90 valence electrons. The molecule has 0 saturated heterocycles. The lowest BCUT2D eigenvalue weighted by Gasteiger charge is -1.93. The molecule has 2 rings (SSSR count). The second-order valence-electron chi connectivity index (χ2n) is 3.35. The molecule has 0 aliphatic rings. The lowest BCUT2D eigenvalue weighted by atomic mass is 10.2. The van der Waals surface area contributed by atoms with Crippen LogP contribution in [0.5, 0.6) is 0 Å². The molecule has 17 heavy (non-hydrogen) atoms. The number of carboxylic acid groups (broad SMARTS) is 2. The van der Waals surface area contributed by atoms with Gasteiger partial charge >= 0.3 is 5.97 Å². The number of hydrogen-bond acceptors (Lipinski definition) is 3. The number of aliphatic carboxylic acids is 1. The fourth-order valence-electron chi connectivity index (χ4n) is 1.33. The van der Waals surface area contributed by atoms with E-state index in [1.807, 2.05) is 6.07 Å². The smallest absolute Gasteiger partial charge is 0.337 e. The SMILES string of the molecule is CC(=O)O.Cc1nc2c(C(=O)O)cccc2[nH]1. The first kappa shape index (κ1) is 12.7. The number of aromatic amines is 1. The third-order valence-electron chi connectivity index (χ3n) is 1.86. The standard InChI is InChI=1S/C9H8N2O2.C2H4O2/c1-5-10-7-4-2-3-6(9(12)13)8(7)11-5;1-2(3)4/h2-4H,1H3,(H,10,11)(H,12,13);1H3,(H,3,4). The summed E-state index contributed by atoms with van der Waals surface area (Å²) >= 11 is 0. The lowest BCUT2D eigenvalue weighted by Crippen LogP contribution is -1.96. The minimum atomic E-state index is -0.947. The Kier molecular flexibility index (Phi) is 3.82. The normalized spacial score (nSPS) is 9.53. The Bertz CT molecular complexity index is 556. The van der Waals surface area contributed by atoms with E-state index >= 15 is 0 Å². The highest BCUT2D eigenvalue weighted by atomic mass is 16.4. The molecule has 3 N–H and O–H groups in total. The molecule has 0 saturated carbocycles. The number of aryl methyl sites for hydroxylation is 1. The predicted octanol–water partition coefficient (Wildman–Crippen LogP) is 1.66. The number of H-pyrrole nitrogens is 1. The highest BCUT2D eigenvalue weighted by Gasteiger charge is 2.10. The molecular formula is C11H12N2O4. The minimum Gasteiger partial charge on any atom is -0.481 e. The van der Waals surface area contributed by atoms with Gasteiger partial charge < -0.3 is 15.2 Å². The van der Waals surface area contributed by atoms with E-state index in [2.05, 4.69) is 9.97 Å². The maximum absolute atomic E-state index is 10.8. The van der Waals surface area contributed by atoms with Gasteiger partial charge in [-0.2, -0.15) is 0 Å². The fourth-order valence-corrected chi connectivity index (χ4v) is 1.33. The van der Waals surface area contributed by atoms with Crippen molar-refractivity contribution in [2.75, 3.05) is 0 Å². The van der Waals surface area contributed by atoms with Crippen LogP contribution >= 0.6 is 0 Å². The number of nitrogens with zero attached hydrogens (tertiary/aromatic N) is 1. The van der Waals surface area contributed by atoms with Crippen molar-refractivity contribution in [1.29, 1.82) is 0 Å². The third-order valence-corrected chi connectivity index (χ3v) is 1.86. The van der Waals surface area contributed by atoms with Crippen molar-refractivity contribution < 1.29 is 19.8 Å². The number of imidazole rings is 1. The van der Waals surface area contributed by atoms with E-state index in [1.165, 1.54) is 0 Å². The third kappa shape index (κ3) is 3.30. The molecule has 0 amide bonds. The van der Waals surface area contributed by atoms with Crippen molar-refractivity contribution in [1.82, 2.24) is 9.97 Å². The van der Waals surface area contributed by atoms with E-state index in [0.29, 0.717) is 5.52 Å². The number of aromatic carboxylic acids is 1. The monoisotopic (exact) mass is 236 g/mol. The highest BCUT2D eigenvalue weighted by Crippen LogP contribution is 2.15. The summed E-state index contributed by atoms with van der Waals surface area (Å²) in [6, 6.07) is 5.05. The van der Waals surface area contributed by atoms with Crippen LogP contribution < -0.4 is 0 Å². The van der Waals surface area contributed by atoms with Gasteiger partial charge in [-0.3, -0.25) is 4.79 Å². The summed E-state index contributed by atoms with van der Waals surface area (Å²) in [4.78, 5) is 26.8. The minimum absolute atomic E-state index is 0.238. The molecular weight excluding hydrogens is 224 g/mol. The van der Waals surface area contributed by atoms with Crippen molar-refractivity contribution >= 4 is 23.0 Å². The summed E-state index contributed by atoms with van der Waals surface area (Å²) in [5, 5.41) is 16.3. The van der Waals surface area contributed by atoms with Gasteiger partial charge in [0, 0.05) is 6.92 Å². The average Bonchev–Trinajstić information content (AvgIpc) is 2.55. The summed E-state index contributed by atoms with van der Waals surface area (Å²) in [7, 11) is 0. The Labute approximate surface area is 96.9 Å². The molecule has 0 bridgehead atoms. The van der Waals surface area contributed by atoms with E-state index in [-0.39, 0.29) is 5.56 Å². The Morgan fingerprint density at radius 3 is 2.41 bits per heavy atom. The number of rotatable bonds is 1. The number of fused-ring (bicyclic) bond motifs is 1. The first-order chi connectivity index (χ1) is 7.91. The van der Waals surface area contributed by atoms with Crippen molar-refractivity contribution in [3.8, 4) is 0 Å². The van der Waals surface area contributed by atoms with E-state index in [0.717, 1.165) is 18.3 Å².